The summed E-state index contributed by atoms with van der Waals surface area (Å²) in [6.45, 7) is 8.50. The number of ether oxygens (including phenoxy) is 1. The molecule has 224 valence electrons. The van der Waals surface area contributed by atoms with Crippen LogP contribution in [0.5, 0.6) is 11.6 Å². The maximum Gasteiger partial charge on any atom is 1.00 e. The Labute approximate surface area is 250 Å². The van der Waals surface area contributed by atoms with Crippen LogP contribution in [0.4, 0.5) is 11.4 Å². The maximum atomic E-state index is 13.1. The fourth-order valence-electron chi connectivity index (χ4n) is 3.58. The number of azo groups is 1. The van der Waals surface area contributed by atoms with E-state index >= 15 is 0 Å². The number of aromatic amines is 1. The number of amides is 1. The van der Waals surface area contributed by atoms with Crippen molar-refractivity contribution in [2.45, 2.75) is 46.2 Å². The average molecular weight is 635 g/mol. The minimum absolute atomic E-state index is 0. The van der Waals surface area contributed by atoms with Gasteiger partial charge in [0.2, 0.25) is 11.6 Å². The minimum atomic E-state index is -0.982. The zero-order valence-corrected chi connectivity index (χ0v) is 24.4. The summed E-state index contributed by atoms with van der Waals surface area (Å²) in [7, 11) is 0. The average Bonchev–Trinajstić information content (AvgIpc) is 2.91. The van der Waals surface area contributed by atoms with Crippen molar-refractivity contribution >= 4 is 29.3 Å². The van der Waals surface area contributed by atoms with Crippen molar-refractivity contribution in [1.29, 1.82) is 0 Å². The number of nitrogens with one attached hydrogen (secondary N) is 1. The number of hydrogen-bond donors (Lipinski definition) is 2. The van der Waals surface area contributed by atoms with Crippen molar-refractivity contribution in [3.8, 4) is 11.6 Å². The molecule has 3 rings (SSSR count). The van der Waals surface area contributed by atoms with E-state index in [-0.39, 0.29) is 52.6 Å². The molecule has 1 aromatic heterocycles. The van der Waals surface area contributed by atoms with Crippen molar-refractivity contribution in [3.05, 3.63) is 85.3 Å². The van der Waals surface area contributed by atoms with Crippen molar-refractivity contribution in [2.24, 2.45) is 10.2 Å². The van der Waals surface area contributed by atoms with Gasteiger partial charge in [0.1, 0.15) is 5.75 Å². The van der Waals surface area contributed by atoms with Crippen molar-refractivity contribution < 1.29 is 46.3 Å². The van der Waals surface area contributed by atoms with E-state index in [1.54, 1.807) is 12.1 Å². The van der Waals surface area contributed by atoms with Gasteiger partial charge < -0.3 is 25.2 Å². The number of carbonyl (C=O) groups excluding carboxylic acids is 1. The molecule has 0 aliphatic carbocycles. The number of hydrogen-bond acceptors (Lipinski definition) is 11. The first-order valence-electron chi connectivity index (χ1n) is 12.2. The molecule has 2 N–H and O–H groups in total. The molecule has 0 fully saturated rings. The topological polar surface area (TPSA) is 182 Å². The van der Waals surface area contributed by atoms with E-state index in [1.807, 2.05) is 30.1 Å². The van der Waals surface area contributed by atoms with Gasteiger partial charge in [-0.25, -0.2) is 4.79 Å². The van der Waals surface area contributed by atoms with E-state index in [4.69, 9.17) is 4.74 Å². The molecule has 0 bridgehead atoms. The second-order valence-electron chi connectivity index (χ2n) is 9.39. The molecule has 2 aromatic carbocycles. The molecule has 0 unspecified atom stereocenters. The molecule has 0 radical (unpaired) electrons. The van der Waals surface area contributed by atoms with Gasteiger partial charge in [0.25, 0.3) is 5.56 Å². The van der Waals surface area contributed by atoms with Crippen LogP contribution in [-0.4, -0.2) is 32.9 Å². The van der Waals surface area contributed by atoms with Crippen LogP contribution >= 0.6 is 12.0 Å². The van der Waals surface area contributed by atoms with Crippen LogP contribution in [-0.2, 0) is 44.9 Å². The predicted octanol–water partition coefficient (Wildman–Crippen LogP) is 3.94. The number of aromatic nitrogens is 2. The molecule has 1 amide bonds. The van der Waals surface area contributed by atoms with Crippen molar-refractivity contribution in [1.82, 2.24) is 9.55 Å². The minimum Gasteiger partial charge on any atom is -0.691 e. The molecule has 0 saturated carbocycles. The van der Waals surface area contributed by atoms with E-state index in [0.717, 1.165) is 15.7 Å². The summed E-state index contributed by atoms with van der Waals surface area (Å²) in [4.78, 5) is 39.5. The summed E-state index contributed by atoms with van der Waals surface area (Å²) in [5.41, 5.74) is -0.508. The van der Waals surface area contributed by atoms with E-state index in [2.05, 4.69) is 45.7 Å². The molecule has 41 heavy (non-hydrogen) atoms. The van der Waals surface area contributed by atoms with E-state index in [1.165, 1.54) is 12.1 Å². The second-order valence-corrected chi connectivity index (χ2v) is 10.2. The van der Waals surface area contributed by atoms with Crippen LogP contribution in [0.15, 0.2) is 62.3 Å². The van der Waals surface area contributed by atoms with Crippen molar-refractivity contribution in [2.75, 3.05) is 12.4 Å². The summed E-state index contributed by atoms with van der Waals surface area (Å²) in [5.74, 6) is -0.660. The summed E-state index contributed by atoms with van der Waals surface area (Å²) < 4.78 is 10.6. The normalized spacial score (nSPS) is 11.3. The van der Waals surface area contributed by atoms with Gasteiger partial charge in [0.15, 0.2) is 0 Å². The Bertz CT molecular complexity index is 1490. The fraction of sp³-hybridized carbons (Fsp3) is 0.346. The van der Waals surface area contributed by atoms with Gasteiger partial charge >= 0.3 is 22.8 Å². The van der Waals surface area contributed by atoms with Gasteiger partial charge in [0, 0.05) is 29.9 Å². The zero-order chi connectivity index (χ0) is 29.3. The van der Waals surface area contributed by atoms with Crippen LogP contribution in [0.25, 0.3) is 5.32 Å². The van der Waals surface area contributed by atoms with E-state index < -0.39 is 28.7 Å². The molecule has 15 heteroatoms. The molecular formula is C26H29CuN5O8S-. The number of carbonyl (C=O) groups is 1. The van der Waals surface area contributed by atoms with Gasteiger partial charge in [-0.2, -0.15) is 4.33 Å². The Morgan fingerprint density at radius 2 is 1.90 bits per heavy atom. The monoisotopic (exact) mass is 634 g/mol. The van der Waals surface area contributed by atoms with Crippen LogP contribution in [0, 0.1) is 0 Å². The number of aromatic hydroxyl groups is 1. The van der Waals surface area contributed by atoms with Crippen LogP contribution < -0.4 is 21.2 Å². The maximum absolute atomic E-state index is 13.1. The Balaban J connectivity index is 0.00000588. The molecule has 3 aromatic rings. The summed E-state index contributed by atoms with van der Waals surface area (Å²) >= 11 is 0.592. The summed E-state index contributed by atoms with van der Waals surface area (Å²) in [5, 5.41) is 35.6. The zero-order valence-electron chi connectivity index (χ0n) is 22.7. The molecule has 1 heterocycles. The van der Waals surface area contributed by atoms with Gasteiger partial charge in [-0.3, -0.25) is 19.4 Å². The van der Waals surface area contributed by atoms with E-state index in [0.29, 0.717) is 24.4 Å². The molecule has 13 nitrogen and oxygen atoms in total. The molecule has 0 saturated heterocycles. The van der Waals surface area contributed by atoms with E-state index in [9.17, 15) is 24.7 Å². The largest absolute Gasteiger partial charge is 1.00 e. The first-order valence-corrected chi connectivity index (χ1v) is 13.1. The van der Waals surface area contributed by atoms with Crippen LogP contribution in [0.2, 0.25) is 0 Å². The molecular weight excluding hydrogens is 606 g/mol. The van der Waals surface area contributed by atoms with Crippen LogP contribution in [0.1, 0.15) is 49.2 Å². The smallest absolute Gasteiger partial charge is 0.691 e. The van der Waals surface area contributed by atoms with Gasteiger partial charge in [0.05, 0.1) is 18.2 Å². The summed E-state index contributed by atoms with van der Waals surface area (Å²) in [6, 6.07) is 12.1. The number of nitrogens with zero attached hydrogens (tertiary/aromatic N) is 4. The standard InChI is InChI=1S/C26H31N5O8S.Cu/c1-5-37-20-11-10-17(26(2,3)4)14-16(20)15-27-22(32)18-8-6-7-9-19(18)29-30-21-23(33)28-25(35)31(24(21)34)12-13-40-39-38-36;/h6-11,14H,5,12-13,15H2,1-4H3,(H4,27,28,29,32,33,34,35,36);/q;+1/p-2. The third-order valence-corrected chi connectivity index (χ3v) is 6.13. The Morgan fingerprint density at radius 3 is 2.59 bits per heavy atom. The summed E-state index contributed by atoms with van der Waals surface area (Å²) in [6.07, 6.45) is 0. The first-order chi connectivity index (χ1) is 19.1. The number of rotatable bonds is 12. The molecule has 0 spiro atoms. The Hall–Kier alpha value is -3.46. The predicted molar refractivity (Wildman–Crippen MR) is 146 cm³/mol. The fourth-order valence-corrected chi connectivity index (χ4v) is 3.95. The quantitative estimate of drug-likeness (QED) is 0.0744. The Kier molecular flexibility index (Phi) is 12.8. The third kappa shape index (κ3) is 9.01. The number of H-pyrrole nitrogens is 1. The molecule has 0 atom stereocenters. The van der Waals surface area contributed by atoms with Crippen molar-refractivity contribution in [3.63, 3.8) is 0 Å². The SMILES string of the molecule is CCOc1ccc(C(C)(C)C)cc1C[N-]C(=O)c1ccccc1N=Nc1c(O)n(CCSOO[O-])c(=O)[nH]c1=O.[Cu+]. The van der Waals surface area contributed by atoms with Gasteiger partial charge in [-0.1, -0.05) is 57.6 Å². The first kappa shape index (κ1) is 33.7. The molecule has 0 aliphatic heterocycles. The van der Waals surface area contributed by atoms with Gasteiger partial charge in [-0.05, 0) is 35.6 Å². The third-order valence-electron chi connectivity index (χ3n) is 5.63. The van der Waals surface area contributed by atoms with Crippen LogP contribution in [0.3, 0.4) is 0 Å². The number of benzene rings is 2. The molecule has 0 aliphatic rings. The second kappa shape index (κ2) is 15.5. The van der Waals surface area contributed by atoms with Gasteiger partial charge in [-0.15, -0.1) is 10.2 Å². The Morgan fingerprint density at radius 1 is 1.17 bits per heavy atom.